The van der Waals surface area contributed by atoms with Gasteiger partial charge in [0.1, 0.15) is 5.76 Å². The minimum Gasteiger partial charge on any atom is -0.467 e. The van der Waals surface area contributed by atoms with Crippen LogP contribution >= 0.6 is 23.1 Å². The molecule has 0 saturated heterocycles. The van der Waals surface area contributed by atoms with Crippen LogP contribution in [0.5, 0.6) is 0 Å². The number of fused-ring (bicyclic) bond motifs is 1. The highest BCUT2D eigenvalue weighted by atomic mass is 32.2. The Morgan fingerprint density at radius 3 is 3.07 bits per heavy atom. The van der Waals surface area contributed by atoms with Crippen molar-refractivity contribution in [3.8, 4) is 11.4 Å². The van der Waals surface area contributed by atoms with Crippen molar-refractivity contribution in [3.63, 3.8) is 0 Å². The number of aryl methyl sites for hydroxylation is 1. The molecule has 0 spiro atoms. The third-order valence-electron chi connectivity index (χ3n) is 4.71. The van der Waals surface area contributed by atoms with Crippen LogP contribution in [0.1, 0.15) is 36.0 Å². The predicted octanol–water partition coefficient (Wildman–Crippen LogP) is 3.91. The van der Waals surface area contributed by atoms with Crippen molar-refractivity contribution in [3.05, 3.63) is 40.0 Å². The van der Waals surface area contributed by atoms with Crippen LogP contribution in [0.25, 0.3) is 11.4 Å². The molecule has 3 aromatic heterocycles. The maximum atomic E-state index is 12.1. The summed E-state index contributed by atoms with van der Waals surface area (Å²) in [6.45, 7) is 3.27. The van der Waals surface area contributed by atoms with Crippen LogP contribution in [0.2, 0.25) is 0 Å². The van der Waals surface area contributed by atoms with Crippen molar-refractivity contribution in [2.75, 3.05) is 5.75 Å². The third-order valence-corrected chi connectivity index (χ3v) is 6.76. The van der Waals surface area contributed by atoms with E-state index in [0.29, 0.717) is 12.3 Å². The van der Waals surface area contributed by atoms with Gasteiger partial charge >= 0.3 is 0 Å². The van der Waals surface area contributed by atoms with E-state index in [1.165, 1.54) is 47.0 Å². The number of carbonyl (C=O) groups excluding carboxylic acids is 1. The van der Waals surface area contributed by atoms with E-state index in [9.17, 15) is 4.79 Å². The average molecular weight is 403 g/mol. The summed E-state index contributed by atoms with van der Waals surface area (Å²) in [7, 11) is 0. The number of aromatic nitrogens is 3. The first kappa shape index (κ1) is 18.3. The quantitative estimate of drug-likeness (QED) is 0.607. The van der Waals surface area contributed by atoms with E-state index in [-0.39, 0.29) is 5.91 Å². The van der Waals surface area contributed by atoms with Gasteiger partial charge in [-0.1, -0.05) is 11.8 Å². The van der Waals surface area contributed by atoms with Crippen molar-refractivity contribution >= 4 is 29.0 Å². The van der Waals surface area contributed by atoms with Crippen LogP contribution in [0, 0.1) is 0 Å². The van der Waals surface area contributed by atoms with Gasteiger partial charge in [-0.25, -0.2) is 0 Å². The number of nitrogens with one attached hydrogen (secondary N) is 1. The second kappa shape index (κ2) is 8.31. The molecule has 142 valence electrons. The minimum absolute atomic E-state index is 0.0449. The van der Waals surface area contributed by atoms with Crippen LogP contribution in [0.4, 0.5) is 0 Å². The van der Waals surface area contributed by atoms with Gasteiger partial charge in [0.15, 0.2) is 11.0 Å². The molecule has 3 heterocycles. The van der Waals surface area contributed by atoms with Crippen molar-refractivity contribution in [1.82, 2.24) is 20.1 Å². The molecule has 8 heteroatoms. The van der Waals surface area contributed by atoms with Gasteiger partial charge in [-0.05, 0) is 50.3 Å². The van der Waals surface area contributed by atoms with Gasteiger partial charge in [-0.3, -0.25) is 4.79 Å². The molecular formula is C19H22N4O2S2. The Morgan fingerprint density at radius 1 is 1.37 bits per heavy atom. The fourth-order valence-corrected chi connectivity index (χ4v) is 5.30. The number of amides is 1. The van der Waals surface area contributed by atoms with E-state index >= 15 is 0 Å². The highest BCUT2D eigenvalue weighted by molar-refractivity contribution is 7.99. The minimum atomic E-state index is -0.0449. The maximum absolute atomic E-state index is 12.1. The molecule has 0 aliphatic heterocycles. The molecule has 1 aliphatic rings. The summed E-state index contributed by atoms with van der Waals surface area (Å²) in [5, 5.41) is 14.7. The summed E-state index contributed by atoms with van der Waals surface area (Å²) in [5.74, 6) is 1.93. The molecule has 0 bridgehead atoms. The molecule has 4 rings (SSSR count). The number of carbonyl (C=O) groups is 1. The molecule has 0 aromatic carbocycles. The second-order valence-corrected chi connectivity index (χ2v) is 8.36. The van der Waals surface area contributed by atoms with Gasteiger partial charge < -0.3 is 14.3 Å². The first-order valence-corrected chi connectivity index (χ1v) is 11.1. The molecule has 1 aliphatic carbocycles. The topological polar surface area (TPSA) is 73.0 Å². The Bertz CT molecular complexity index is 914. The fourth-order valence-electron chi connectivity index (χ4n) is 3.34. The van der Waals surface area contributed by atoms with E-state index in [4.69, 9.17) is 4.42 Å². The summed E-state index contributed by atoms with van der Waals surface area (Å²) in [6.07, 6.45) is 6.43. The zero-order valence-electron chi connectivity index (χ0n) is 15.2. The molecule has 27 heavy (non-hydrogen) atoms. The molecule has 0 unspecified atom stereocenters. The van der Waals surface area contributed by atoms with Crippen molar-refractivity contribution in [2.24, 2.45) is 0 Å². The van der Waals surface area contributed by atoms with Crippen LogP contribution in [0.3, 0.4) is 0 Å². The highest BCUT2D eigenvalue weighted by Gasteiger charge is 2.22. The number of thioether (sulfide) groups is 1. The highest BCUT2D eigenvalue weighted by Crippen LogP contribution is 2.36. The SMILES string of the molecule is CCn1c(SCC(=O)NCc2ccco2)nnc1-c1csc2c1CCCC2. The Balaban J connectivity index is 1.43. The molecule has 0 fully saturated rings. The van der Waals surface area contributed by atoms with E-state index in [1.54, 1.807) is 6.26 Å². The molecular weight excluding hydrogens is 380 g/mol. The van der Waals surface area contributed by atoms with Crippen LogP contribution in [-0.2, 0) is 30.7 Å². The van der Waals surface area contributed by atoms with E-state index in [1.807, 2.05) is 23.5 Å². The van der Waals surface area contributed by atoms with Crippen LogP contribution < -0.4 is 5.32 Å². The van der Waals surface area contributed by atoms with E-state index in [0.717, 1.165) is 29.7 Å². The molecule has 0 radical (unpaired) electrons. The fraction of sp³-hybridized carbons (Fsp3) is 0.421. The number of rotatable bonds is 7. The predicted molar refractivity (Wildman–Crippen MR) is 107 cm³/mol. The number of nitrogens with zero attached hydrogens (tertiary/aromatic N) is 3. The van der Waals surface area contributed by atoms with Crippen molar-refractivity contribution in [1.29, 1.82) is 0 Å². The zero-order chi connectivity index (χ0) is 18.6. The standard InChI is InChI=1S/C19H22N4O2S2/c1-2-23-18(15-11-26-16-8-4-3-7-14(15)16)21-22-19(23)27-12-17(24)20-10-13-6-5-9-25-13/h5-6,9,11H,2-4,7-8,10,12H2,1H3,(H,20,24). The smallest absolute Gasteiger partial charge is 0.230 e. The molecule has 6 nitrogen and oxygen atoms in total. The van der Waals surface area contributed by atoms with Crippen molar-refractivity contribution in [2.45, 2.75) is 50.9 Å². The van der Waals surface area contributed by atoms with Gasteiger partial charge in [0.25, 0.3) is 0 Å². The number of thiophene rings is 1. The van der Waals surface area contributed by atoms with Crippen LogP contribution in [-0.4, -0.2) is 26.4 Å². The number of hydrogen-bond acceptors (Lipinski definition) is 6. The first-order valence-electron chi connectivity index (χ1n) is 9.21. The maximum Gasteiger partial charge on any atom is 0.230 e. The summed E-state index contributed by atoms with van der Waals surface area (Å²) < 4.78 is 7.34. The first-order chi connectivity index (χ1) is 13.3. The van der Waals surface area contributed by atoms with Gasteiger partial charge in [0.05, 0.1) is 18.6 Å². The number of furan rings is 1. The Labute approximate surface area is 166 Å². The Hall–Kier alpha value is -2.06. The van der Waals surface area contributed by atoms with Gasteiger partial charge in [-0.2, -0.15) is 0 Å². The molecule has 1 amide bonds. The van der Waals surface area contributed by atoms with Gasteiger partial charge in [-0.15, -0.1) is 21.5 Å². The largest absolute Gasteiger partial charge is 0.467 e. The lowest BCUT2D eigenvalue weighted by atomic mass is 9.96. The third kappa shape index (κ3) is 3.96. The molecule has 3 aromatic rings. The second-order valence-electron chi connectivity index (χ2n) is 6.45. The summed E-state index contributed by atoms with van der Waals surface area (Å²) >= 11 is 3.26. The lowest BCUT2D eigenvalue weighted by Crippen LogP contribution is -2.24. The summed E-state index contributed by atoms with van der Waals surface area (Å²) in [5.41, 5.74) is 2.67. The normalized spacial score (nSPS) is 13.5. The van der Waals surface area contributed by atoms with E-state index < -0.39 is 0 Å². The summed E-state index contributed by atoms with van der Waals surface area (Å²) in [4.78, 5) is 13.6. The molecule has 0 atom stereocenters. The Morgan fingerprint density at radius 2 is 2.26 bits per heavy atom. The summed E-state index contributed by atoms with van der Waals surface area (Å²) in [6, 6.07) is 3.65. The molecule has 1 N–H and O–H groups in total. The zero-order valence-corrected chi connectivity index (χ0v) is 16.9. The van der Waals surface area contributed by atoms with Gasteiger partial charge in [0, 0.05) is 22.4 Å². The van der Waals surface area contributed by atoms with Crippen LogP contribution in [0.15, 0.2) is 33.3 Å². The lowest BCUT2D eigenvalue weighted by molar-refractivity contribution is -0.118. The van der Waals surface area contributed by atoms with E-state index in [2.05, 4.69) is 32.4 Å². The lowest BCUT2D eigenvalue weighted by Gasteiger charge is -2.13. The van der Waals surface area contributed by atoms with Crippen molar-refractivity contribution < 1.29 is 9.21 Å². The monoisotopic (exact) mass is 402 g/mol. The number of hydrogen-bond donors (Lipinski definition) is 1. The van der Waals surface area contributed by atoms with Gasteiger partial charge in [0.2, 0.25) is 5.91 Å². The Kier molecular flexibility index (Phi) is 5.63. The molecule has 0 saturated carbocycles. The average Bonchev–Trinajstić information content (AvgIpc) is 3.43.